The minimum Gasteiger partial charge on any atom is -0.872 e. The van der Waals surface area contributed by atoms with Crippen LogP contribution in [0, 0.1) is 0 Å². The fourth-order valence-corrected chi connectivity index (χ4v) is 2.44. The molecule has 0 aliphatic carbocycles. The third-order valence-electron chi connectivity index (χ3n) is 3.76. The van der Waals surface area contributed by atoms with Crippen molar-refractivity contribution in [2.75, 3.05) is 54.4 Å². The molecule has 0 saturated carbocycles. The van der Waals surface area contributed by atoms with Gasteiger partial charge in [0.2, 0.25) is 0 Å². The van der Waals surface area contributed by atoms with Gasteiger partial charge in [0.25, 0.3) is 0 Å². The summed E-state index contributed by atoms with van der Waals surface area (Å²) in [4.78, 5) is 30.2. The second-order valence-corrected chi connectivity index (χ2v) is 8.90. The van der Waals surface area contributed by atoms with Gasteiger partial charge in [-0.25, -0.2) is 0 Å². The molecule has 0 aliphatic heterocycles. The van der Waals surface area contributed by atoms with Crippen LogP contribution in [0.25, 0.3) is 0 Å². The van der Waals surface area contributed by atoms with Crippen molar-refractivity contribution in [3.05, 3.63) is 57.6 Å². The second-order valence-electron chi connectivity index (χ2n) is 8.02. The Kier molecular flexibility index (Phi) is 30.3. The van der Waals surface area contributed by atoms with Crippen LogP contribution in [0.2, 0.25) is 10.0 Å². The average Bonchev–Trinajstić information content (AvgIpc) is 2.78. The van der Waals surface area contributed by atoms with Crippen molar-refractivity contribution in [2.24, 2.45) is 9.98 Å². The molecule has 2 aromatic carbocycles. The SMILES string of the molecule is CC(=O)[O-].CC(=O)[O-].CN(C)CCN=Cc1cc(Cl)ccc1[O-].CN(C)CCN=Cc1cc(Cl)ccc1[O-].[Cu+2].[Cu+2]. The number of aliphatic imine (C=N–C) groups is 2. The van der Waals surface area contributed by atoms with Crippen molar-refractivity contribution in [3.63, 3.8) is 0 Å². The molecule has 2 rings (SSSR count). The molecular weight excluding hydrogens is 662 g/mol. The standard InChI is InChI=1S/2C11H15ClN2O.2C2H4O2.2Cu/c2*1-14(2)6-5-13-8-9-7-10(12)3-4-11(9)15;2*1-2(3)4;;/h2*3-4,7-8,15H,5-6H2,1-2H3;2*1H3,(H,3,4);;/q;;;;2*+2/p-4. The molecule has 0 aliphatic rings. The molecule has 0 atom stereocenters. The van der Waals surface area contributed by atoms with Gasteiger partial charge in [-0.2, -0.15) is 0 Å². The predicted octanol–water partition coefficient (Wildman–Crippen LogP) is 0.296. The predicted molar refractivity (Wildman–Crippen MR) is 145 cm³/mol. The Morgan fingerprint density at radius 2 is 1.00 bits per heavy atom. The Morgan fingerprint density at radius 1 is 0.725 bits per heavy atom. The summed E-state index contributed by atoms with van der Waals surface area (Å²) >= 11 is 11.5. The fourth-order valence-electron chi connectivity index (χ4n) is 2.08. The first kappa shape index (κ1) is 44.9. The van der Waals surface area contributed by atoms with Gasteiger partial charge in [-0.05, 0) is 77.4 Å². The van der Waals surface area contributed by atoms with E-state index in [-0.39, 0.29) is 45.6 Å². The Labute approximate surface area is 267 Å². The molecule has 2 aromatic rings. The second kappa shape index (κ2) is 27.0. The molecule has 0 unspecified atom stereocenters. The molecule has 2 radical (unpaired) electrons. The fraction of sp³-hybridized carbons (Fsp3) is 0.385. The van der Waals surface area contributed by atoms with E-state index in [9.17, 15) is 10.2 Å². The van der Waals surface area contributed by atoms with Crippen LogP contribution in [0.4, 0.5) is 0 Å². The zero-order valence-corrected chi connectivity index (χ0v) is 26.4. The first-order valence-corrected chi connectivity index (χ1v) is 12.0. The minimum atomic E-state index is -1.08. The van der Waals surface area contributed by atoms with Crippen molar-refractivity contribution < 1.29 is 64.2 Å². The van der Waals surface area contributed by atoms with Gasteiger partial charge in [0.15, 0.2) is 0 Å². The number of hydrogen-bond acceptors (Lipinski definition) is 10. The number of rotatable bonds is 8. The Hall–Kier alpha value is -2.14. The Balaban J connectivity index is -0.000000246. The Bertz CT molecular complexity index is 953. The summed E-state index contributed by atoms with van der Waals surface area (Å²) in [6.07, 6.45) is 3.16. The van der Waals surface area contributed by atoms with Gasteiger partial charge in [-0.1, -0.05) is 46.8 Å². The molecule has 0 N–H and O–H groups in total. The first-order chi connectivity index (χ1) is 17.6. The molecule has 0 spiro atoms. The number of carbonyl (C=O) groups is 2. The molecule has 40 heavy (non-hydrogen) atoms. The summed E-state index contributed by atoms with van der Waals surface area (Å²) in [5, 5.41) is 41.6. The van der Waals surface area contributed by atoms with Crippen LogP contribution in [0.5, 0.6) is 11.5 Å². The normalized spacial score (nSPS) is 9.85. The summed E-state index contributed by atoms with van der Waals surface area (Å²) < 4.78 is 0. The molecule has 0 aromatic heterocycles. The molecular formula is C26H34Cl2Cu2N4O6. The molecule has 10 nitrogen and oxygen atoms in total. The van der Waals surface area contributed by atoms with Gasteiger partial charge in [-0.15, -0.1) is 0 Å². The van der Waals surface area contributed by atoms with Gasteiger partial charge in [-0.3, -0.25) is 9.98 Å². The van der Waals surface area contributed by atoms with Crippen LogP contribution in [-0.4, -0.2) is 88.5 Å². The maximum Gasteiger partial charge on any atom is 2.00 e. The number of carboxylic acid groups (broad SMARTS) is 2. The van der Waals surface area contributed by atoms with Gasteiger partial charge in [0.05, 0.1) is 13.1 Å². The molecule has 14 heteroatoms. The third-order valence-corrected chi connectivity index (χ3v) is 4.23. The molecule has 0 heterocycles. The molecule has 0 amide bonds. The van der Waals surface area contributed by atoms with Crippen molar-refractivity contribution in [1.29, 1.82) is 0 Å². The quantitative estimate of drug-likeness (QED) is 0.282. The van der Waals surface area contributed by atoms with E-state index in [1.807, 2.05) is 38.0 Å². The van der Waals surface area contributed by atoms with Crippen LogP contribution in [0.1, 0.15) is 25.0 Å². The zero-order valence-electron chi connectivity index (χ0n) is 23.0. The molecule has 0 bridgehead atoms. The van der Waals surface area contributed by atoms with Crippen LogP contribution in [0.3, 0.4) is 0 Å². The molecule has 230 valence electrons. The minimum absolute atomic E-state index is 0. The number of likely N-dealkylation sites (N-methyl/N-ethyl adjacent to an activating group) is 2. The van der Waals surface area contributed by atoms with Crippen LogP contribution in [0.15, 0.2) is 46.4 Å². The average molecular weight is 697 g/mol. The van der Waals surface area contributed by atoms with E-state index in [1.54, 1.807) is 36.7 Å². The van der Waals surface area contributed by atoms with Crippen LogP contribution >= 0.6 is 23.2 Å². The van der Waals surface area contributed by atoms with Crippen molar-refractivity contribution in [2.45, 2.75) is 13.8 Å². The first-order valence-electron chi connectivity index (χ1n) is 11.2. The van der Waals surface area contributed by atoms with Crippen molar-refractivity contribution in [1.82, 2.24) is 9.80 Å². The number of carboxylic acids is 2. The number of benzene rings is 2. The zero-order chi connectivity index (χ0) is 29.7. The third kappa shape index (κ3) is 30.4. The monoisotopic (exact) mass is 694 g/mol. The van der Waals surface area contributed by atoms with Gasteiger partial charge >= 0.3 is 34.1 Å². The topological polar surface area (TPSA) is 158 Å². The van der Waals surface area contributed by atoms with Gasteiger partial charge in [0, 0.05) is 47.5 Å². The maximum atomic E-state index is 11.3. The summed E-state index contributed by atoms with van der Waals surface area (Å²) in [5.41, 5.74) is 1.09. The molecule has 0 fully saturated rings. The van der Waals surface area contributed by atoms with Crippen LogP contribution in [-0.2, 0) is 43.7 Å². The molecule has 0 saturated heterocycles. The largest absolute Gasteiger partial charge is 2.00 e. The van der Waals surface area contributed by atoms with E-state index in [0.717, 1.165) is 26.9 Å². The number of hydrogen-bond donors (Lipinski definition) is 0. The number of nitrogens with zero attached hydrogens (tertiary/aromatic N) is 4. The van der Waals surface area contributed by atoms with E-state index in [2.05, 4.69) is 9.98 Å². The van der Waals surface area contributed by atoms with Gasteiger partial charge in [0.1, 0.15) is 0 Å². The van der Waals surface area contributed by atoms with E-state index < -0.39 is 11.9 Å². The smallest absolute Gasteiger partial charge is 0.872 e. The summed E-state index contributed by atoms with van der Waals surface area (Å²) in [5.74, 6) is -2.26. The summed E-state index contributed by atoms with van der Waals surface area (Å²) in [6, 6.07) is 9.33. The summed E-state index contributed by atoms with van der Waals surface area (Å²) in [7, 11) is 7.92. The number of aliphatic carboxylic acids is 2. The van der Waals surface area contributed by atoms with Crippen molar-refractivity contribution >= 4 is 47.6 Å². The van der Waals surface area contributed by atoms with E-state index >= 15 is 0 Å². The van der Waals surface area contributed by atoms with E-state index in [4.69, 9.17) is 43.0 Å². The van der Waals surface area contributed by atoms with Gasteiger partial charge < -0.3 is 39.8 Å². The van der Waals surface area contributed by atoms with E-state index in [1.165, 1.54) is 12.1 Å². The van der Waals surface area contributed by atoms with Crippen LogP contribution < -0.4 is 20.4 Å². The van der Waals surface area contributed by atoms with E-state index in [0.29, 0.717) is 34.3 Å². The Morgan fingerprint density at radius 3 is 1.25 bits per heavy atom. The number of halogens is 2. The number of carbonyl (C=O) groups excluding carboxylic acids is 2. The van der Waals surface area contributed by atoms with Crippen molar-refractivity contribution in [3.8, 4) is 11.5 Å². The maximum absolute atomic E-state index is 11.3. The summed E-state index contributed by atoms with van der Waals surface area (Å²) in [6.45, 7) is 5.04.